The van der Waals surface area contributed by atoms with Crippen molar-refractivity contribution in [2.75, 3.05) is 5.32 Å². The van der Waals surface area contributed by atoms with Gasteiger partial charge in [-0.3, -0.25) is 19.2 Å². The van der Waals surface area contributed by atoms with Crippen molar-refractivity contribution < 1.29 is 23.6 Å². The highest BCUT2D eigenvalue weighted by Gasteiger charge is 2.34. The standard InChI is InChI=1S/C23H27FN4O4/c1-11-8-15(6-7-18(11)24)26-22(31)19-12(2)20(28(5)13(19)3)21(30)23(32)27-17-9-16(10-17)25-14(4)29/h6-8,16-17H,9-10H2,1-5H3,(H,25,29)(H,26,31)(H,27,32). The summed E-state index contributed by atoms with van der Waals surface area (Å²) in [4.78, 5) is 49.4. The number of ketones is 1. The summed E-state index contributed by atoms with van der Waals surface area (Å²) in [5.74, 6) is -2.43. The van der Waals surface area contributed by atoms with Crippen LogP contribution in [-0.4, -0.2) is 40.2 Å². The molecule has 0 unspecified atom stereocenters. The van der Waals surface area contributed by atoms with Crippen molar-refractivity contribution >= 4 is 29.2 Å². The summed E-state index contributed by atoms with van der Waals surface area (Å²) >= 11 is 0. The number of hydrogen-bond donors (Lipinski definition) is 3. The second kappa shape index (κ2) is 8.94. The van der Waals surface area contributed by atoms with E-state index in [2.05, 4.69) is 16.0 Å². The van der Waals surface area contributed by atoms with Crippen molar-refractivity contribution in [3.8, 4) is 0 Å². The number of carbonyl (C=O) groups is 4. The van der Waals surface area contributed by atoms with E-state index in [1.54, 1.807) is 27.8 Å². The highest BCUT2D eigenvalue weighted by Crippen LogP contribution is 2.25. The SMILES string of the molecule is CC(=O)NC1CC(NC(=O)C(=O)c2c(C)c(C(=O)Nc3ccc(F)c(C)c3)c(C)n2C)C1. The first kappa shape index (κ1) is 23.2. The van der Waals surface area contributed by atoms with E-state index >= 15 is 0 Å². The Morgan fingerprint density at radius 3 is 2.25 bits per heavy atom. The van der Waals surface area contributed by atoms with Gasteiger partial charge in [-0.25, -0.2) is 4.39 Å². The van der Waals surface area contributed by atoms with Crippen molar-refractivity contribution in [3.63, 3.8) is 0 Å². The number of rotatable bonds is 6. The Labute approximate surface area is 185 Å². The molecule has 0 aliphatic heterocycles. The quantitative estimate of drug-likeness (QED) is 0.471. The van der Waals surface area contributed by atoms with Crippen molar-refractivity contribution in [1.29, 1.82) is 0 Å². The maximum absolute atomic E-state index is 13.5. The van der Waals surface area contributed by atoms with Crippen LogP contribution in [0.1, 0.15) is 57.4 Å². The number of anilines is 1. The topological polar surface area (TPSA) is 109 Å². The van der Waals surface area contributed by atoms with Crippen LogP contribution in [0.25, 0.3) is 0 Å². The minimum Gasteiger partial charge on any atom is -0.353 e. The molecular weight excluding hydrogens is 415 g/mol. The Morgan fingerprint density at radius 2 is 1.66 bits per heavy atom. The maximum Gasteiger partial charge on any atom is 0.294 e. The van der Waals surface area contributed by atoms with Crippen molar-refractivity contribution in [1.82, 2.24) is 15.2 Å². The molecule has 1 aromatic carbocycles. The van der Waals surface area contributed by atoms with Gasteiger partial charge in [0.2, 0.25) is 5.91 Å². The number of amides is 3. The zero-order valence-corrected chi connectivity index (χ0v) is 18.8. The predicted molar refractivity (Wildman–Crippen MR) is 117 cm³/mol. The highest BCUT2D eigenvalue weighted by atomic mass is 19.1. The van der Waals surface area contributed by atoms with Crippen LogP contribution in [-0.2, 0) is 16.6 Å². The average Bonchev–Trinajstić information content (AvgIpc) is 2.90. The van der Waals surface area contributed by atoms with Gasteiger partial charge < -0.3 is 20.5 Å². The fourth-order valence-electron chi connectivity index (χ4n) is 4.05. The molecule has 1 aliphatic carbocycles. The van der Waals surface area contributed by atoms with Gasteiger partial charge >= 0.3 is 0 Å². The molecule has 9 heteroatoms. The molecule has 32 heavy (non-hydrogen) atoms. The lowest BCUT2D eigenvalue weighted by molar-refractivity contribution is -0.120. The zero-order chi connectivity index (χ0) is 23.7. The minimum atomic E-state index is -0.749. The molecule has 3 N–H and O–H groups in total. The molecule has 170 valence electrons. The van der Waals surface area contributed by atoms with E-state index < -0.39 is 17.6 Å². The smallest absolute Gasteiger partial charge is 0.294 e. The summed E-state index contributed by atoms with van der Waals surface area (Å²) in [6, 6.07) is 4.06. The second-order valence-corrected chi connectivity index (χ2v) is 8.28. The number of halogens is 1. The number of benzene rings is 1. The van der Waals surface area contributed by atoms with Crippen LogP contribution >= 0.6 is 0 Å². The molecule has 1 aromatic heterocycles. The third kappa shape index (κ3) is 4.56. The molecule has 1 saturated carbocycles. The minimum absolute atomic E-state index is 0.00249. The van der Waals surface area contributed by atoms with Gasteiger partial charge in [-0.15, -0.1) is 0 Å². The van der Waals surface area contributed by atoms with Crippen LogP contribution in [0.5, 0.6) is 0 Å². The lowest BCUT2D eigenvalue weighted by atomic mass is 9.86. The molecule has 1 heterocycles. The largest absolute Gasteiger partial charge is 0.353 e. The van der Waals surface area contributed by atoms with Crippen LogP contribution in [0.2, 0.25) is 0 Å². The molecule has 0 atom stereocenters. The second-order valence-electron chi connectivity index (χ2n) is 8.28. The van der Waals surface area contributed by atoms with Crippen molar-refractivity contribution in [2.24, 2.45) is 7.05 Å². The van der Waals surface area contributed by atoms with Gasteiger partial charge in [0, 0.05) is 37.4 Å². The Morgan fingerprint density at radius 1 is 1.03 bits per heavy atom. The number of aromatic nitrogens is 1. The van der Waals surface area contributed by atoms with E-state index in [-0.39, 0.29) is 29.5 Å². The summed E-state index contributed by atoms with van der Waals surface area (Å²) in [5, 5.41) is 8.18. The number of hydrogen-bond acceptors (Lipinski definition) is 4. The van der Waals surface area contributed by atoms with Crippen LogP contribution < -0.4 is 16.0 Å². The zero-order valence-electron chi connectivity index (χ0n) is 18.8. The van der Waals surface area contributed by atoms with E-state index in [4.69, 9.17) is 0 Å². The van der Waals surface area contributed by atoms with Crippen LogP contribution in [0.3, 0.4) is 0 Å². The van der Waals surface area contributed by atoms with Gasteiger partial charge in [-0.2, -0.15) is 0 Å². The predicted octanol–water partition coefficient (Wildman–Crippen LogP) is 2.31. The van der Waals surface area contributed by atoms with Gasteiger partial charge in [-0.1, -0.05) is 0 Å². The van der Waals surface area contributed by atoms with E-state index in [9.17, 15) is 23.6 Å². The molecule has 1 fully saturated rings. The third-order valence-corrected chi connectivity index (χ3v) is 5.88. The average molecular weight is 442 g/mol. The van der Waals surface area contributed by atoms with Gasteiger partial charge in [0.05, 0.1) is 11.3 Å². The summed E-state index contributed by atoms with van der Waals surface area (Å²) in [6.45, 7) is 6.34. The first-order valence-electron chi connectivity index (χ1n) is 10.3. The van der Waals surface area contributed by atoms with E-state index in [1.807, 2.05) is 0 Å². The summed E-state index contributed by atoms with van der Waals surface area (Å²) in [6.07, 6.45) is 1.13. The molecule has 0 bridgehead atoms. The van der Waals surface area contributed by atoms with E-state index in [0.717, 1.165) is 0 Å². The van der Waals surface area contributed by atoms with Crippen molar-refractivity contribution in [2.45, 2.75) is 52.6 Å². The Hall–Kier alpha value is -3.49. The van der Waals surface area contributed by atoms with E-state index in [0.29, 0.717) is 40.9 Å². The molecule has 0 radical (unpaired) electrons. The lowest BCUT2D eigenvalue weighted by Gasteiger charge is -2.35. The molecule has 3 rings (SSSR count). The fourth-order valence-corrected chi connectivity index (χ4v) is 4.05. The molecule has 0 spiro atoms. The number of nitrogens with one attached hydrogen (secondary N) is 3. The maximum atomic E-state index is 13.5. The fraction of sp³-hybridized carbons (Fsp3) is 0.391. The number of nitrogens with zero attached hydrogens (tertiary/aromatic N) is 1. The lowest BCUT2D eigenvalue weighted by Crippen LogP contribution is -2.54. The third-order valence-electron chi connectivity index (χ3n) is 5.88. The molecule has 3 amide bonds. The number of Topliss-reactive ketones (excluding diaryl/α,β-unsaturated/α-hetero) is 1. The number of carbonyl (C=O) groups excluding carboxylic acids is 4. The molecular formula is C23H27FN4O4. The van der Waals surface area contributed by atoms with Crippen LogP contribution in [0, 0.1) is 26.6 Å². The molecule has 0 saturated heterocycles. The molecule has 8 nitrogen and oxygen atoms in total. The summed E-state index contributed by atoms with van der Waals surface area (Å²) in [5.41, 5.74) is 2.18. The monoisotopic (exact) mass is 442 g/mol. The van der Waals surface area contributed by atoms with Gasteiger partial charge in [0.1, 0.15) is 5.82 Å². The molecule has 1 aliphatic rings. The van der Waals surface area contributed by atoms with Crippen molar-refractivity contribution in [3.05, 3.63) is 52.1 Å². The summed E-state index contributed by atoms with van der Waals surface area (Å²) in [7, 11) is 1.62. The Bertz CT molecular complexity index is 1120. The van der Waals surface area contributed by atoms with Gasteiger partial charge in [0.25, 0.3) is 17.6 Å². The Balaban J connectivity index is 1.74. The summed E-state index contributed by atoms with van der Waals surface area (Å²) < 4.78 is 15.0. The van der Waals surface area contributed by atoms with Crippen LogP contribution in [0.15, 0.2) is 18.2 Å². The van der Waals surface area contributed by atoms with Gasteiger partial charge in [0.15, 0.2) is 0 Å². The normalized spacial score (nSPS) is 17.3. The number of aryl methyl sites for hydroxylation is 1. The molecule has 2 aromatic rings. The Kier molecular flexibility index (Phi) is 6.47. The van der Waals surface area contributed by atoms with E-state index in [1.165, 1.54) is 29.7 Å². The highest BCUT2D eigenvalue weighted by molar-refractivity contribution is 6.43. The first-order valence-corrected chi connectivity index (χ1v) is 10.3. The first-order chi connectivity index (χ1) is 15.0. The van der Waals surface area contributed by atoms with Crippen LogP contribution in [0.4, 0.5) is 10.1 Å². The van der Waals surface area contributed by atoms with Gasteiger partial charge in [-0.05, 0) is 62.9 Å².